The summed E-state index contributed by atoms with van der Waals surface area (Å²) < 4.78 is 7.47. The first-order chi connectivity index (χ1) is 19.4. The molecular weight excluding hydrogens is 640 g/mol. The number of nitrogens with zero attached hydrogens (tertiary/aromatic N) is 3. The number of halogens is 2. The first-order valence-electron chi connectivity index (χ1n) is 12.0. The van der Waals surface area contributed by atoms with E-state index in [2.05, 4.69) is 42.4 Å². The van der Waals surface area contributed by atoms with Crippen molar-refractivity contribution in [1.82, 2.24) is 10.4 Å². The Labute approximate surface area is 246 Å². The first-order valence-corrected chi connectivity index (χ1v) is 13.6. The van der Waals surface area contributed by atoms with Crippen LogP contribution in [0.3, 0.4) is 0 Å². The molecule has 5 aromatic rings. The van der Waals surface area contributed by atoms with Gasteiger partial charge in [0, 0.05) is 33.1 Å². The van der Waals surface area contributed by atoms with Crippen molar-refractivity contribution in [2.24, 2.45) is 5.10 Å². The fraction of sp³-hybridized carbons (Fsp3) is 0.0333. The van der Waals surface area contributed by atoms with Gasteiger partial charge in [0.15, 0.2) is 0 Å². The number of nitro groups is 1. The van der Waals surface area contributed by atoms with Crippen molar-refractivity contribution in [3.05, 3.63) is 133 Å². The molecule has 0 unspecified atom stereocenters. The summed E-state index contributed by atoms with van der Waals surface area (Å²) in [6, 6.07) is 28.7. The number of carbonyl (C=O) groups is 1. The standard InChI is InChI=1S/C30H20Br2N4O4/c31-22-14-21(29(26(32)15-22)40-18-19-10-12-23(13-11-19)36(38)39)17-33-35-30(37)25-16-28(20-6-2-1-3-7-20)34-27-9-5-4-8-24(25)27/h1-17H,18H2,(H,35,37)/b33-17-. The maximum absolute atomic E-state index is 13.3. The number of hydrogen-bond donors (Lipinski definition) is 1. The normalized spacial score (nSPS) is 11.1. The summed E-state index contributed by atoms with van der Waals surface area (Å²) in [7, 11) is 0. The van der Waals surface area contributed by atoms with Gasteiger partial charge in [0.2, 0.25) is 0 Å². The molecule has 0 saturated heterocycles. The van der Waals surface area contributed by atoms with Crippen LogP contribution in [0.1, 0.15) is 21.5 Å². The van der Waals surface area contributed by atoms with Crippen molar-refractivity contribution in [3.63, 3.8) is 0 Å². The molecule has 1 heterocycles. The maximum Gasteiger partial charge on any atom is 0.272 e. The van der Waals surface area contributed by atoms with Crippen molar-refractivity contribution in [2.45, 2.75) is 6.61 Å². The molecule has 4 aromatic carbocycles. The third-order valence-electron chi connectivity index (χ3n) is 5.97. The quantitative estimate of drug-likeness (QED) is 0.104. The second kappa shape index (κ2) is 12.2. The van der Waals surface area contributed by atoms with Crippen molar-refractivity contribution in [2.75, 3.05) is 0 Å². The number of nitro benzene ring substituents is 1. The summed E-state index contributed by atoms with van der Waals surface area (Å²) >= 11 is 6.99. The SMILES string of the molecule is O=C(N/N=C\c1cc(Br)cc(Br)c1OCc1ccc([N+](=O)[O-])cc1)c1cc(-c2ccccc2)nc2ccccc12. The summed E-state index contributed by atoms with van der Waals surface area (Å²) in [6.45, 7) is 0.177. The molecule has 1 aromatic heterocycles. The lowest BCUT2D eigenvalue weighted by Crippen LogP contribution is -2.18. The molecule has 0 fully saturated rings. The second-order valence-electron chi connectivity index (χ2n) is 8.66. The number of fused-ring (bicyclic) bond motifs is 1. The number of nitrogens with one attached hydrogen (secondary N) is 1. The molecule has 0 atom stereocenters. The highest BCUT2D eigenvalue weighted by Crippen LogP contribution is 2.33. The highest BCUT2D eigenvalue weighted by molar-refractivity contribution is 9.11. The van der Waals surface area contributed by atoms with Crippen LogP contribution in [-0.4, -0.2) is 22.0 Å². The molecule has 0 radical (unpaired) electrons. The molecular formula is C30H20Br2N4O4. The van der Waals surface area contributed by atoms with Gasteiger partial charge in [-0.25, -0.2) is 10.4 Å². The Morgan fingerprint density at radius 2 is 1.70 bits per heavy atom. The van der Waals surface area contributed by atoms with Crippen LogP contribution in [0.25, 0.3) is 22.2 Å². The number of rotatable bonds is 8. The highest BCUT2D eigenvalue weighted by atomic mass is 79.9. The Balaban J connectivity index is 1.38. The van der Waals surface area contributed by atoms with Crippen molar-refractivity contribution in [3.8, 4) is 17.0 Å². The molecule has 0 aliphatic heterocycles. The summed E-state index contributed by atoms with van der Waals surface area (Å²) in [4.78, 5) is 28.5. The minimum Gasteiger partial charge on any atom is -0.487 e. The van der Waals surface area contributed by atoms with E-state index in [0.29, 0.717) is 37.9 Å². The Kier molecular flexibility index (Phi) is 8.28. The Bertz CT molecular complexity index is 1740. The van der Waals surface area contributed by atoms with Gasteiger partial charge in [0.05, 0.1) is 32.4 Å². The molecule has 8 nitrogen and oxygen atoms in total. The van der Waals surface area contributed by atoms with Crippen LogP contribution < -0.4 is 10.2 Å². The number of non-ortho nitro benzene ring substituents is 1. The maximum atomic E-state index is 13.3. The highest BCUT2D eigenvalue weighted by Gasteiger charge is 2.15. The molecule has 198 valence electrons. The van der Waals surface area contributed by atoms with Crippen LogP contribution >= 0.6 is 31.9 Å². The fourth-order valence-electron chi connectivity index (χ4n) is 4.04. The molecule has 1 amide bonds. The van der Waals surface area contributed by atoms with E-state index in [9.17, 15) is 14.9 Å². The minimum absolute atomic E-state index is 0.00926. The predicted molar refractivity (Wildman–Crippen MR) is 162 cm³/mol. The van der Waals surface area contributed by atoms with E-state index >= 15 is 0 Å². The summed E-state index contributed by atoms with van der Waals surface area (Å²) in [5.74, 6) is 0.120. The van der Waals surface area contributed by atoms with Crippen LogP contribution in [0.2, 0.25) is 0 Å². The molecule has 0 aliphatic carbocycles. The lowest BCUT2D eigenvalue weighted by atomic mass is 10.0. The van der Waals surface area contributed by atoms with Gasteiger partial charge >= 0.3 is 0 Å². The number of ether oxygens (including phenoxy) is 1. The third-order valence-corrected chi connectivity index (χ3v) is 7.01. The van der Waals surface area contributed by atoms with E-state index in [1.165, 1.54) is 18.3 Å². The lowest BCUT2D eigenvalue weighted by molar-refractivity contribution is -0.384. The van der Waals surface area contributed by atoms with E-state index in [0.717, 1.165) is 15.6 Å². The molecule has 0 spiro atoms. The summed E-state index contributed by atoms with van der Waals surface area (Å²) in [5.41, 5.74) is 6.75. The van der Waals surface area contributed by atoms with Gasteiger partial charge < -0.3 is 4.74 Å². The number of benzene rings is 4. The average Bonchev–Trinajstić information content (AvgIpc) is 2.96. The zero-order chi connectivity index (χ0) is 28.1. The molecule has 40 heavy (non-hydrogen) atoms. The number of pyridine rings is 1. The van der Waals surface area contributed by atoms with E-state index in [1.807, 2.05) is 60.7 Å². The van der Waals surface area contributed by atoms with Gasteiger partial charge in [-0.2, -0.15) is 5.10 Å². The van der Waals surface area contributed by atoms with Crippen LogP contribution in [0, 0.1) is 10.1 Å². The Morgan fingerprint density at radius 1 is 0.975 bits per heavy atom. The van der Waals surface area contributed by atoms with Gasteiger partial charge in [-0.05, 0) is 57.9 Å². The Morgan fingerprint density at radius 3 is 2.45 bits per heavy atom. The first kappa shape index (κ1) is 27.2. The zero-order valence-corrected chi connectivity index (χ0v) is 23.9. The molecule has 0 aliphatic rings. The number of hydrogen-bond acceptors (Lipinski definition) is 6. The predicted octanol–water partition coefficient (Wildman–Crippen LogP) is 7.68. The monoisotopic (exact) mass is 658 g/mol. The third kappa shape index (κ3) is 6.24. The van der Waals surface area contributed by atoms with Crippen LogP contribution in [0.15, 0.2) is 111 Å². The summed E-state index contributed by atoms with van der Waals surface area (Å²) in [5, 5.41) is 15.8. The van der Waals surface area contributed by atoms with Gasteiger partial charge in [0.25, 0.3) is 11.6 Å². The van der Waals surface area contributed by atoms with E-state index in [-0.39, 0.29) is 18.2 Å². The topological polar surface area (TPSA) is 107 Å². The van der Waals surface area contributed by atoms with Crippen LogP contribution in [0.5, 0.6) is 5.75 Å². The molecule has 0 saturated carbocycles. The number of aromatic nitrogens is 1. The van der Waals surface area contributed by atoms with Crippen molar-refractivity contribution >= 4 is 60.6 Å². The number of hydrazone groups is 1. The average molecular weight is 660 g/mol. The molecule has 5 rings (SSSR count). The van der Waals surface area contributed by atoms with E-state index < -0.39 is 4.92 Å². The van der Waals surface area contributed by atoms with Crippen LogP contribution in [0.4, 0.5) is 5.69 Å². The molecule has 0 bridgehead atoms. The second-order valence-corrected chi connectivity index (χ2v) is 10.4. The number of amides is 1. The Hall–Kier alpha value is -4.41. The van der Waals surface area contributed by atoms with Crippen molar-refractivity contribution < 1.29 is 14.5 Å². The molecule has 1 N–H and O–H groups in total. The van der Waals surface area contributed by atoms with Gasteiger partial charge in [-0.1, -0.05) is 64.5 Å². The minimum atomic E-state index is -0.448. The van der Waals surface area contributed by atoms with Gasteiger partial charge in [-0.15, -0.1) is 0 Å². The van der Waals surface area contributed by atoms with Crippen LogP contribution in [-0.2, 0) is 6.61 Å². The van der Waals surface area contributed by atoms with Gasteiger partial charge in [0.1, 0.15) is 12.4 Å². The largest absolute Gasteiger partial charge is 0.487 e. The van der Waals surface area contributed by atoms with Crippen molar-refractivity contribution in [1.29, 1.82) is 0 Å². The fourth-order valence-corrected chi connectivity index (χ4v) is 5.41. The zero-order valence-electron chi connectivity index (χ0n) is 20.8. The number of para-hydroxylation sites is 1. The van der Waals surface area contributed by atoms with E-state index in [1.54, 1.807) is 24.3 Å². The number of carbonyl (C=O) groups excluding carboxylic acids is 1. The smallest absolute Gasteiger partial charge is 0.272 e. The van der Waals surface area contributed by atoms with E-state index in [4.69, 9.17) is 9.72 Å². The molecule has 10 heteroatoms. The summed E-state index contributed by atoms with van der Waals surface area (Å²) in [6.07, 6.45) is 1.50. The van der Waals surface area contributed by atoms with Gasteiger partial charge in [-0.3, -0.25) is 14.9 Å². The lowest BCUT2D eigenvalue weighted by Gasteiger charge is -2.12.